The van der Waals surface area contributed by atoms with E-state index in [9.17, 15) is 18.0 Å². The molecule has 7 nitrogen and oxygen atoms in total. The van der Waals surface area contributed by atoms with E-state index < -0.39 is 28.5 Å². The predicted octanol–water partition coefficient (Wildman–Crippen LogP) is 3.05. The third kappa shape index (κ3) is 5.65. The maximum atomic E-state index is 12.8. The van der Waals surface area contributed by atoms with E-state index in [1.54, 1.807) is 24.3 Å². The molecule has 0 spiro atoms. The van der Waals surface area contributed by atoms with Crippen LogP contribution in [0.1, 0.15) is 36.0 Å². The average molecular weight is 416 g/mol. The minimum absolute atomic E-state index is 0.151. The van der Waals surface area contributed by atoms with Crippen molar-refractivity contribution in [3.05, 3.63) is 60.2 Å². The number of nitrogens with one attached hydrogen (secondary N) is 1. The normalized spacial score (nSPS) is 15.3. The highest BCUT2D eigenvalue weighted by Crippen LogP contribution is 2.21. The van der Waals surface area contributed by atoms with Crippen molar-refractivity contribution in [3.63, 3.8) is 0 Å². The molecule has 154 valence electrons. The second-order valence-electron chi connectivity index (χ2n) is 6.83. The first kappa shape index (κ1) is 21.0. The molecule has 1 N–H and O–H groups in total. The molecule has 3 rings (SSSR count). The van der Waals surface area contributed by atoms with Gasteiger partial charge < -0.3 is 10.1 Å². The summed E-state index contributed by atoms with van der Waals surface area (Å²) >= 11 is 0. The lowest BCUT2D eigenvalue weighted by Crippen LogP contribution is -2.31. The number of hydrogen-bond acceptors (Lipinski definition) is 5. The van der Waals surface area contributed by atoms with E-state index in [1.165, 1.54) is 28.6 Å². The summed E-state index contributed by atoms with van der Waals surface area (Å²) in [6.45, 7) is 0.604. The molecule has 1 heterocycles. The topological polar surface area (TPSA) is 92.8 Å². The van der Waals surface area contributed by atoms with Crippen LogP contribution >= 0.6 is 0 Å². The first-order chi connectivity index (χ1) is 14.0. The molecular weight excluding hydrogens is 392 g/mol. The Bertz CT molecular complexity index is 935. The summed E-state index contributed by atoms with van der Waals surface area (Å²) in [5, 5.41) is 2.62. The van der Waals surface area contributed by atoms with Crippen molar-refractivity contribution in [3.8, 4) is 0 Å². The van der Waals surface area contributed by atoms with E-state index in [4.69, 9.17) is 4.74 Å². The number of amides is 1. The van der Waals surface area contributed by atoms with Gasteiger partial charge in [0.25, 0.3) is 5.91 Å². The molecular formula is C21H24N2O5S. The Labute approximate surface area is 170 Å². The van der Waals surface area contributed by atoms with E-state index in [0.29, 0.717) is 18.8 Å². The summed E-state index contributed by atoms with van der Waals surface area (Å²) in [4.78, 5) is 24.2. The Morgan fingerprint density at radius 1 is 0.897 bits per heavy atom. The van der Waals surface area contributed by atoms with Gasteiger partial charge in [-0.25, -0.2) is 13.2 Å². The quantitative estimate of drug-likeness (QED) is 0.731. The van der Waals surface area contributed by atoms with Crippen molar-refractivity contribution >= 4 is 27.6 Å². The van der Waals surface area contributed by atoms with Crippen LogP contribution in [0.5, 0.6) is 0 Å². The number of carbonyl (C=O) groups excluding carboxylic acids is 2. The molecule has 2 aromatic carbocycles. The smallest absolute Gasteiger partial charge is 0.338 e. The highest BCUT2D eigenvalue weighted by Gasteiger charge is 2.25. The number of anilines is 1. The largest absolute Gasteiger partial charge is 0.452 e. The molecule has 0 unspecified atom stereocenters. The Balaban J connectivity index is 1.57. The molecule has 0 aliphatic carbocycles. The van der Waals surface area contributed by atoms with Gasteiger partial charge in [0.1, 0.15) is 0 Å². The zero-order chi connectivity index (χ0) is 20.7. The van der Waals surface area contributed by atoms with Crippen molar-refractivity contribution in [1.29, 1.82) is 0 Å². The molecule has 1 fully saturated rings. The lowest BCUT2D eigenvalue weighted by atomic mass is 10.2. The molecule has 8 heteroatoms. The molecule has 0 radical (unpaired) electrons. The van der Waals surface area contributed by atoms with Gasteiger partial charge in [0.2, 0.25) is 10.0 Å². The van der Waals surface area contributed by atoms with Gasteiger partial charge in [-0.1, -0.05) is 31.0 Å². The average Bonchev–Trinajstić information content (AvgIpc) is 3.03. The van der Waals surface area contributed by atoms with E-state index in [2.05, 4.69) is 5.32 Å². The second kappa shape index (κ2) is 9.67. The molecule has 0 bridgehead atoms. The number of sulfonamides is 1. The van der Waals surface area contributed by atoms with Gasteiger partial charge in [-0.15, -0.1) is 0 Å². The first-order valence-corrected chi connectivity index (χ1v) is 11.0. The van der Waals surface area contributed by atoms with Gasteiger partial charge >= 0.3 is 5.97 Å². The number of ether oxygens (including phenoxy) is 1. The van der Waals surface area contributed by atoms with Crippen LogP contribution in [0, 0.1) is 0 Å². The van der Waals surface area contributed by atoms with Crippen LogP contribution < -0.4 is 5.32 Å². The van der Waals surface area contributed by atoms with E-state index in [1.807, 2.05) is 6.07 Å². The highest BCUT2D eigenvalue weighted by molar-refractivity contribution is 7.89. The first-order valence-electron chi connectivity index (χ1n) is 9.59. The summed E-state index contributed by atoms with van der Waals surface area (Å²) < 4.78 is 32.0. The monoisotopic (exact) mass is 416 g/mol. The number of rotatable bonds is 6. The van der Waals surface area contributed by atoms with E-state index in [0.717, 1.165) is 25.7 Å². The molecule has 1 aliphatic rings. The Morgan fingerprint density at radius 2 is 1.52 bits per heavy atom. The predicted molar refractivity (Wildman–Crippen MR) is 109 cm³/mol. The Hall–Kier alpha value is -2.71. The van der Waals surface area contributed by atoms with Gasteiger partial charge in [0.15, 0.2) is 6.61 Å². The summed E-state index contributed by atoms with van der Waals surface area (Å²) in [6.07, 6.45) is 3.78. The second-order valence-corrected chi connectivity index (χ2v) is 8.77. The molecule has 1 aliphatic heterocycles. The number of hydrogen-bond donors (Lipinski definition) is 1. The van der Waals surface area contributed by atoms with Gasteiger partial charge in [-0.3, -0.25) is 4.79 Å². The minimum Gasteiger partial charge on any atom is -0.452 e. The minimum atomic E-state index is -3.57. The maximum Gasteiger partial charge on any atom is 0.338 e. The summed E-state index contributed by atoms with van der Waals surface area (Å²) in [5.41, 5.74) is 0.795. The fraction of sp³-hybridized carbons (Fsp3) is 0.333. The Kier molecular flexibility index (Phi) is 7.00. The highest BCUT2D eigenvalue weighted by atomic mass is 32.2. The third-order valence-corrected chi connectivity index (χ3v) is 6.60. The lowest BCUT2D eigenvalue weighted by Gasteiger charge is -2.19. The number of esters is 1. The van der Waals surface area contributed by atoms with Gasteiger partial charge in [-0.05, 0) is 49.2 Å². The van der Waals surface area contributed by atoms with Crippen LogP contribution in [0.25, 0.3) is 0 Å². The fourth-order valence-electron chi connectivity index (χ4n) is 3.13. The van der Waals surface area contributed by atoms with Gasteiger partial charge in [-0.2, -0.15) is 4.31 Å². The molecule has 2 aromatic rings. The van der Waals surface area contributed by atoms with Crippen molar-refractivity contribution < 1.29 is 22.7 Å². The van der Waals surface area contributed by atoms with Crippen LogP contribution in [0.4, 0.5) is 5.69 Å². The molecule has 0 atom stereocenters. The van der Waals surface area contributed by atoms with Crippen LogP contribution in [0.2, 0.25) is 0 Å². The zero-order valence-corrected chi connectivity index (χ0v) is 16.9. The standard InChI is InChI=1S/C21H24N2O5S/c24-20(22-18-8-4-3-5-9-18)16-28-21(25)17-10-12-19(13-11-17)29(26,27)23-14-6-1-2-7-15-23/h3-5,8-13H,1-2,6-7,14-16H2,(H,22,24). The zero-order valence-electron chi connectivity index (χ0n) is 16.0. The molecule has 0 aromatic heterocycles. The molecule has 1 amide bonds. The van der Waals surface area contributed by atoms with Gasteiger partial charge in [0.05, 0.1) is 10.5 Å². The molecule has 0 saturated carbocycles. The van der Waals surface area contributed by atoms with Crippen LogP contribution in [0.3, 0.4) is 0 Å². The van der Waals surface area contributed by atoms with Crippen LogP contribution in [0.15, 0.2) is 59.5 Å². The van der Waals surface area contributed by atoms with E-state index in [-0.39, 0.29) is 10.5 Å². The number of benzene rings is 2. The third-order valence-electron chi connectivity index (χ3n) is 4.68. The lowest BCUT2D eigenvalue weighted by molar-refractivity contribution is -0.119. The van der Waals surface area contributed by atoms with Crippen molar-refractivity contribution in [2.45, 2.75) is 30.6 Å². The SMILES string of the molecule is O=C(COC(=O)c1ccc(S(=O)(=O)N2CCCCCC2)cc1)Nc1ccccc1. The molecule has 29 heavy (non-hydrogen) atoms. The number of para-hydroxylation sites is 1. The Morgan fingerprint density at radius 3 is 2.14 bits per heavy atom. The fourth-order valence-corrected chi connectivity index (χ4v) is 4.64. The number of carbonyl (C=O) groups is 2. The van der Waals surface area contributed by atoms with Gasteiger partial charge in [0, 0.05) is 18.8 Å². The van der Waals surface area contributed by atoms with Crippen molar-refractivity contribution in [2.75, 3.05) is 25.0 Å². The maximum absolute atomic E-state index is 12.8. The van der Waals surface area contributed by atoms with Crippen LogP contribution in [-0.4, -0.2) is 44.3 Å². The van der Waals surface area contributed by atoms with Crippen molar-refractivity contribution in [1.82, 2.24) is 4.31 Å². The summed E-state index contributed by atoms with van der Waals surface area (Å²) in [7, 11) is -3.57. The van der Waals surface area contributed by atoms with Crippen molar-refractivity contribution in [2.24, 2.45) is 0 Å². The van der Waals surface area contributed by atoms with Crippen LogP contribution in [-0.2, 0) is 19.6 Å². The summed E-state index contributed by atoms with van der Waals surface area (Å²) in [6, 6.07) is 14.5. The molecule has 1 saturated heterocycles. The van der Waals surface area contributed by atoms with E-state index >= 15 is 0 Å². The summed E-state index contributed by atoms with van der Waals surface area (Å²) in [5.74, 6) is -1.14. The number of nitrogens with zero attached hydrogens (tertiary/aromatic N) is 1.